The molecule has 2 N–H and O–H groups in total. The molecule has 4 rings (SSSR count). The lowest BCUT2D eigenvalue weighted by Crippen LogP contribution is -2.47. The molecule has 3 heterocycles. The van der Waals surface area contributed by atoms with Gasteiger partial charge in [-0.25, -0.2) is 9.97 Å². The topological polar surface area (TPSA) is 106 Å². The average Bonchev–Trinajstić information content (AvgIpc) is 3.18. The van der Waals surface area contributed by atoms with Gasteiger partial charge < -0.3 is 25.0 Å². The van der Waals surface area contributed by atoms with Gasteiger partial charge in [0, 0.05) is 44.2 Å². The molecular weight excluding hydrogens is 374 g/mol. The Hall–Kier alpha value is -3.04. The summed E-state index contributed by atoms with van der Waals surface area (Å²) in [6.45, 7) is 3.83. The molecule has 0 aliphatic carbocycles. The van der Waals surface area contributed by atoms with Gasteiger partial charge in [0.25, 0.3) is 5.91 Å². The van der Waals surface area contributed by atoms with Gasteiger partial charge in [-0.05, 0) is 24.3 Å². The van der Waals surface area contributed by atoms with E-state index in [9.17, 15) is 9.59 Å². The second-order valence-electron chi connectivity index (χ2n) is 7.07. The first-order chi connectivity index (χ1) is 14.0. The molecule has 9 nitrogen and oxygen atoms in total. The number of hydrogen-bond acceptors (Lipinski definition) is 7. The number of nitrogens with one attached hydrogen (secondary N) is 2. The first-order valence-electron chi connectivity index (χ1n) is 9.57. The summed E-state index contributed by atoms with van der Waals surface area (Å²) in [5, 5.41) is 5.83. The number of ether oxygens (including phenoxy) is 2. The highest BCUT2D eigenvalue weighted by Gasteiger charge is 2.41. The quantitative estimate of drug-likeness (QED) is 0.814. The molecule has 1 aromatic carbocycles. The van der Waals surface area contributed by atoms with Crippen molar-refractivity contribution in [2.45, 2.75) is 25.6 Å². The van der Waals surface area contributed by atoms with Gasteiger partial charge in [0.1, 0.15) is 11.5 Å². The van der Waals surface area contributed by atoms with Crippen molar-refractivity contribution in [1.29, 1.82) is 0 Å². The number of likely N-dealkylation sites (tertiary alicyclic amines) is 1. The third-order valence-corrected chi connectivity index (χ3v) is 4.97. The summed E-state index contributed by atoms with van der Waals surface area (Å²) in [6.07, 6.45) is 4.34. The number of amides is 2. The highest BCUT2D eigenvalue weighted by molar-refractivity contribution is 5.92. The van der Waals surface area contributed by atoms with Crippen molar-refractivity contribution in [1.82, 2.24) is 14.9 Å². The number of carbonyl (C=O) groups is 2. The SMILES string of the molecule is CC(=O)Nc1ccc(Nc2cnc(C(=O)N3CCC4(CC3)OCCO4)cn2)cc1. The molecule has 9 heteroatoms. The fourth-order valence-corrected chi connectivity index (χ4v) is 3.49. The third kappa shape index (κ3) is 4.52. The molecule has 1 aromatic heterocycles. The lowest BCUT2D eigenvalue weighted by molar-refractivity contribution is -0.181. The summed E-state index contributed by atoms with van der Waals surface area (Å²) in [5.74, 6) is -0.245. The summed E-state index contributed by atoms with van der Waals surface area (Å²) in [6, 6.07) is 7.22. The van der Waals surface area contributed by atoms with E-state index in [1.807, 2.05) is 12.1 Å². The molecule has 1 spiro atoms. The van der Waals surface area contributed by atoms with Crippen LogP contribution >= 0.6 is 0 Å². The smallest absolute Gasteiger partial charge is 0.274 e. The van der Waals surface area contributed by atoms with Crippen LogP contribution in [0.15, 0.2) is 36.7 Å². The lowest BCUT2D eigenvalue weighted by Gasteiger charge is -2.37. The number of rotatable bonds is 4. The predicted molar refractivity (Wildman–Crippen MR) is 106 cm³/mol. The molecule has 152 valence electrons. The summed E-state index contributed by atoms with van der Waals surface area (Å²) in [7, 11) is 0. The number of carbonyl (C=O) groups excluding carboxylic acids is 2. The number of piperidine rings is 1. The largest absolute Gasteiger partial charge is 0.347 e. The number of nitrogens with zero attached hydrogens (tertiary/aromatic N) is 3. The van der Waals surface area contributed by atoms with Crippen molar-refractivity contribution >= 4 is 29.0 Å². The van der Waals surface area contributed by atoms with Gasteiger partial charge in [-0.15, -0.1) is 0 Å². The summed E-state index contributed by atoms with van der Waals surface area (Å²) in [5.41, 5.74) is 1.82. The van der Waals surface area contributed by atoms with Gasteiger partial charge >= 0.3 is 0 Å². The molecule has 0 atom stereocenters. The van der Waals surface area contributed by atoms with E-state index in [0.29, 0.717) is 56.3 Å². The second-order valence-corrected chi connectivity index (χ2v) is 7.07. The Morgan fingerprint density at radius 1 is 1.00 bits per heavy atom. The fraction of sp³-hybridized carbons (Fsp3) is 0.400. The average molecular weight is 397 g/mol. The van der Waals surface area contributed by atoms with Crippen molar-refractivity contribution in [3.63, 3.8) is 0 Å². The predicted octanol–water partition coefficient (Wildman–Crippen LogP) is 2.16. The zero-order valence-electron chi connectivity index (χ0n) is 16.2. The monoisotopic (exact) mass is 397 g/mol. The van der Waals surface area contributed by atoms with Crippen LogP contribution in [-0.4, -0.2) is 58.8 Å². The molecule has 2 aliphatic heterocycles. The van der Waals surface area contributed by atoms with Crippen molar-refractivity contribution < 1.29 is 19.1 Å². The third-order valence-electron chi connectivity index (χ3n) is 4.97. The standard InChI is InChI=1S/C20H23N5O4/c1-14(26)23-15-2-4-16(5-3-15)24-18-13-21-17(12-22-18)19(27)25-8-6-20(7-9-25)28-10-11-29-20/h2-5,12-13H,6-11H2,1H3,(H,22,24)(H,23,26). The number of aromatic nitrogens is 2. The number of benzene rings is 1. The minimum Gasteiger partial charge on any atom is -0.347 e. The zero-order chi connectivity index (χ0) is 20.3. The maximum absolute atomic E-state index is 12.7. The maximum atomic E-state index is 12.7. The summed E-state index contributed by atoms with van der Waals surface area (Å²) in [4.78, 5) is 34.1. The Labute approximate surface area is 168 Å². The van der Waals surface area contributed by atoms with Crippen LogP contribution in [0.3, 0.4) is 0 Å². The van der Waals surface area contributed by atoms with E-state index in [-0.39, 0.29) is 11.8 Å². The van der Waals surface area contributed by atoms with E-state index in [1.54, 1.807) is 17.0 Å². The van der Waals surface area contributed by atoms with Crippen molar-refractivity contribution in [3.8, 4) is 0 Å². The highest BCUT2D eigenvalue weighted by Crippen LogP contribution is 2.31. The van der Waals surface area contributed by atoms with Crippen LogP contribution in [0.4, 0.5) is 17.2 Å². The molecule has 2 saturated heterocycles. The molecule has 2 aromatic rings. The van der Waals surface area contributed by atoms with Crippen molar-refractivity contribution in [2.24, 2.45) is 0 Å². The molecule has 0 unspecified atom stereocenters. The normalized spacial score (nSPS) is 17.9. The van der Waals surface area contributed by atoms with E-state index in [2.05, 4.69) is 20.6 Å². The Morgan fingerprint density at radius 3 is 2.24 bits per heavy atom. The molecular formula is C20H23N5O4. The molecule has 2 amide bonds. The van der Waals surface area contributed by atoms with Gasteiger partial charge in [-0.2, -0.15) is 0 Å². The fourth-order valence-electron chi connectivity index (χ4n) is 3.49. The van der Waals surface area contributed by atoms with E-state index in [4.69, 9.17) is 9.47 Å². The number of anilines is 3. The van der Waals surface area contributed by atoms with Gasteiger partial charge in [-0.3, -0.25) is 9.59 Å². The Kier molecular flexibility index (Phi) is 5.41. The van der Waals surface area contributed by atoms with Gasteiger partial charge in [0.05, 0.1) is 25.6 Å². The first-order valence-corrected chi connectivity index (χ1v) is 9.57. The van der Waals surface area contributed by atoms with Crippen LogP contribution in [0.1, 0.15) is 30.3 Å². The lowest BCUT2D eigenvalue weighted by atomic mass is 10.0. The zero-order valence-corrected chi connectivity index (χ0v) is 16.2. The van der Waals surface area contributed by atoms with Crippen LogP contribution in [0.5, 0.6) is 0 Å². The Bertz CT molecular complexity index is 869. The molecule has 0 bridgehead atoms. The minimum atomic E-state index is -0.508. The van der Waals surface area contributed by atoms with Gasteiger partial charge in [-0.1, -0.05) is 0 Å². The Balaban J connectivity index is 1.34. The minimum absolute atomic E-state index is 0.121. The van der Waals surface area contributed by atoms with Crippen molar-refractivity contribution in [3.05, 3.63) is 42.4 Å². The van der Waals surface area contributed by atoms with Crippen LogP contribution in [0.2, 0.25) is 0 Å². The van der Waals surface area contributed by atoms with Crippen LogP contribution in [0.25, 0.3) is 0 Å². The second kappa shape index (κ2) is 8.14. The first kappa shape index (κ1) is 19.3. The van der Waals surface area contributed by atoms with E-state index in [0.717, 1.165) is 5.69 Å². The molecule has 2 aliphatic rings. The van der Waals surface area contributed by atoms with Gasteiger partial charge in [0.15, 0.2) is 5.79 Å². The Morgan fingerprint density at radius 2 is 1.66 bits per heavy atom. The van der Waals surface area contributed by atoms with Gasteiger partial charge in [0.2, 0.25) is 5.91 Å². The molecule has 0 radical (unpaired) electrons. The van der Waals surface area contributed by atoms with Crippen LogP contribution < -0.4 is 10.6 Å². The molecule has 2 fully saturated rings. The van der Waals surface area contributed by atoms with Crippen molar-refractivity contribution in [2.75, 3.05) is 36.9 Å². The highest BCUT2D eigenvalue weighted by atomic mass is 16.7. The van der Waals surface area contributed by atoms with E-state index in [1.165, 1.54) is 19.3 Å². The summed E-state index contributed by atoms with van der Waals surface area (Å²) >= 11 is 0. The molecule has 29 heavy (non-hydrogen) atoms. The van der Waals surface area contributed by atoms with Crippen LogP contribution in [0, 0.1) is 0 Å². The van der Waals surface area contributed by atoms with Crippen LogP contribution in [-0.2, 0) is 14.3 Å². The molecule has 0 saturated carbocycles. The maximum Gasteiger partial charge on any atom is 0.274 e. The van der Waals surface area contributed by atoms with E-state index >= 15 is 0 Å². The number of hydrogen-bond donors (Lipinski definition) is 2. The van der Waals surface area contributed by atoms with E-state index < -0.39 is 5.79 Å². The summed E-state index contributed by atoms with van der Waals surface area (Å²) < 4.78 is 11.4.